The van der Waals surface area contributed by atoms with Crippen LogP contribution in [0.4, 0.5) is 16.2 Å². The smallest absolute Gasteiger partial charge is 0.335 e. The molecule has 1 heterocycles. The molecule has 9 nitrogen and oxygen atoms in total. The summed E-state index contributed by atoms with van der Waals surface area (Å²) in [6, 6.07) is 15.9. The molecule has 0 spiro atoms. The highest BCUT2D eigenvalue weighted by Crippen LogP contribution is 2.37. The van der Waals surface area contributed by atoms with Gasteiger partial charge < -0.3 is 14.8 Å². The van der Waals surface area contributed by atoms with Crippen LogP contribution in [-0.2, 0) is 14.4 Å². The molecule has 4 rings (SSSR count). The fraction of sp³-hybridized carbons (Fsp3) is 0.143. The molecular formula is C28H23BrClN3O6. The number of barbiturate groups is 1. The molecule has 0 radical (unpaired) electrons. The van der Waals surface area contributed by atoms with Crippen LogP contribution in [0.1, 0.15) is 18.1 Å². The van der Waals surface area contributed by atoms with Gasteiger partial charge in [0.05, 0.1) is 17.3 Å². The number of anilines is 2. The molecule has 0 saturated carbocycles. The Kier molecular flexibility index (Phi) is 8.68. The van der Waals surface area contributed by atoms with Crippen molar-refractivity contribution in [3.05, 3.63) is 86.9 Å². The van der Waals surface area contributed by atoms with E-state index >= 15 is 0 Å². The maximum atomic E-state index is 13.2. The highest BCUT2D eigenvalue weighted by molar-refractivity contribution is 9.10. The van der Waals surface area contributed by atoms with Crippen LogP contribution < -0.4 is 25.0 Å². The van der Waals surface area contributed by atoms with Crippen LogP contribution in [0.3, 0.4) is 0 Å². The largest absolute Gasteiger partial charge is 0.490 e. The van der Waals surface area contributed by atoms with Crippen LogP contribution in [0, 0.1) is 6.92 Å². The quantitative estimate of drug-likeness (QED) is 0.257. The Balaban J connectivity index is 1.58. The van der Waals surface area contributed by atoms with Crippen molar-refractivity contribution < 1.29 is 28.7 Å². The number of hydrogen-bond acceptors (Lipinski definition) is 6. The van der Waals surface area contributed by atoms with E-state index in [9.17, 15) is 19.2 Å². The number of hydrogen-bond donors (Lipinski definition) is 2. The zero-order valence-corrected chi connectivity index (χ0v) is 23.3. The lowest BCUT2D eigenvalue weighted by Crippen LogP contribution is -2.54. The van der Waals surface area contributed by atoms with E-state index in [-0.39, 0.29) is 35.3 Å². The van der Waals surface area contributed by atoms with Crippen molar-refractivity contribution in [2.75, 3.05) is 23.4 Å². The van der Waals surface area contributed by atoms with Gasteiger partial charge in [-0.1, -0.05) is 45.7 Å². The summed E-state index contributed by atoms with van der Waals surface area (Å²) >= 11 is 9.78. The summed E-state index contributed by atoms with van der Waals surface area (Å²) in [6.07, 6.45) is 1.30. The minimum atomic E-state index is -0.856. The van der Waals surface area contributed by atoms with Gasteiger partial charge in [0, 0.05) is 10.2 Å². The highest BCUT2D eigenvalue weighted by Gasteiger charge is 2.36. The van der Waals surface area contributed by atoms with Crippen LogP contribution in [0.5, 0.6) is 11.5 Å². The van der Waals surface area contributed by atoms with Gasteiger partial charge >= 0.3 is 6.03 Å². The maximum Gasteiger partial charge on any atom is 0.335 e. The van der Waals surface area contributed by atoms with E-state index in [1.54, 1.807) is 37.3 Å². The van der Waals surface area contributed by atoms with Gasteiger partial charge in [-0.25, -0.2) is 9.69 Å². The molecule has 0 aliphatic carbocycles. The molecule has 3 aromatic carbocycles. The highest BCUT2D eigenvalue weighted by atomic mass is 79.9. The maximum absolute atomic E-state index is 13.2. The molecule has 0 aromatic heterocycles. The van der Waals surface area contributed by atoms with E-state index in [1.165, 1.54) is 18.2 Å². The second kappa shape index (κ2) is 12.1. The lowest BCUT2D eigenvalue weighted by Gasteiger charge is -2.26. The number of rotatable bonds is 8. The Bertz CT molecular complexity index is 1490. The van der Waals surface area contributed by atoms with Crippen molar-refractivity contribution in [1.82, 2.24) is 5.32 Å². The van der Waals surface area contributed by atoms with Crippen LogP contribution in [0.25, 0.3) is 6.08 Å². The molecule has 1 fully saturated rings. The fourth-order valence-electron chi connectivity index (χ4n) is 3.76. The third-order valence-electron chi connectivity index (χ3n) is 5.60. The molecule has 39 heavy (non-hydrogen) atoms. The zero-order chi connectivity index (χ0) is 28.1. The normalized spacial score (nSPS) is 14.3. The van der Waals surface area contributed by atoms with Crippen LogP contribution in [0.2, 0.25) is 5.02 Å². The summed E-state index contributed by atoms with van der Waals surface area (Å²) in [5.74, 6) is -1.69. The van der Waals surface area contributed by atoms with Gasteiger partial charge in [-0.15, -0.1) is 0 Å². The van der Waals surface area contributed by atoms with E-state index in [1.807, 2.05) is 25.1 Å². The first-order valence-electron chi connectivity index (χ1n) is 11.8. The minimum Gasteiger partial charge on any atom is -0.490 e. The van der Waals surface area contributed by atoms with E-state index in [0.29, 0.717) is 16.9 Å². The Hall–Kier alpha value is -4.15. The molecule has 0 bridgehead atoms. The van der Waals surface area contributed by atoms with Gasteiger partial charge in [0.1, 0.15) is 5.57 Å². The summed E-state index contributed by atoms with van der Waals surface area (Å²) in [5, 5.41) is 5.05. The Morgan fingerprint density at radius 2 is 1.79 bits per heavy atom. The lowest BCUT2D eigenvalue weighted by molar-refractivity contribution is -0.122. The van der Waals surface area contributed by atoms with E-state index < -0.39 is 23.8 Å². The van der Waals surface area contributed by atoms with E-state index in [2.05, 4.69) is 26.6 Å². The average molecular weight is 613 g/mol. The summed E-state index contributed by atoms with van der Waals surface area (Å²) in [7, 11) is 0. The Morgan fingerprint density at radius 3 is 2.49 bits per heavy atom. The first kappa shape index (κ1) is 27.9. The fourth-order valence-corrected chi connectivity index (χ4v) is 4.30. The van der Waals surface area contributed by atoms with Gasteiger partial charge in [0.15, 0.2) is 18.1 Å². The number of nitrogens with zero attached hydrogens (tertiary/aromatic N) is 1. The van der Waals surface area contributed by atoms with Crippen molar-refractivity contribution in [3.8, 4) is 11.5 Å². The molecular weight excluding hydrogens is 590 g/mol. The molecule has 1 aliphatic heterocycles. The van der Waals surface area contributed by atoms with Gasteiger partial charge in [0.25, 0.3) is 17.7 Å². The Labute approximate surface area is 237 Å². The number of halogens is 2. The van der Waals surface area contributed by atoms with Crippen molar-refractivity contribution in [3.63, 3.8) is 0 Å². The SMILES string of the molecule is CCOc1cc(/C=C2\C(=O)NC(=O)N(c3ccc(Br)cc3)C2=O)cc(Cl)c1OCC(=O)Nc1ccccc1C. The van der Waals surface area contributed by atoms with Crippen LogP contribution >= 0.6 is 27.5 Å². The van der Waals surface area contributed by atoms with Gasteiger partial charge in [-0.3, -0.25) is 19.7 Å². The predicted molar refractivity (Wildman–Crippen MR) is 151 cm³/mol. The van der Waals surface area contributed by atoms with Crippen LogP contribution in [-0.4, -0.2) is 37.0 Å². The molecule has 1 aliphatic rings. The number of amides is 5. The molecule has 200 valence electrons. The second-order valence-electron chi connectivity index (χ2n) is 8.35. The Morgan fingerprint density at radius 1 is 1.08 bits per heavy atom. The number of para-hydroxylation sites is 1. The number of carbonyl (C=O) groups excluding carboxylic acids is 4. The summed E-state index contributed by atoms with van der Waals surface area (Å²) in [5.41, 5.74) is 1.93. The standard InChI is InChI=1S/C28H23BrClN3O6/c1-3-38-23-14-17(13-21(30)25(23)39-15-24(34)31-22-7-5-4-6-16(22)2)12-20-26(35)32-28(37)33(27(20)36)19-10-8-18(29)9-11-19/h4-14H,3,15H2,1-2H3,(H,31,34)(H,32,35,37)/b20-12+. The summed E-state index contributed by atoms with van der Waals surface area (Å²) in [6.45, 7) is 3.56. The minimum absolute atomic E-state index is 0.0981. The molecule has 3 aromatic rings. The number of nitrogens with one attached hydrogen (secondary N) is 2. The molecule has 5 amide bonds. The average Bonchev–Trinajstić information content (AvgIpc) is 2.88. The van der Waals surface area contributed by atoms with Crippen molar-refractivity contribution in [1.29, 1.82) is 0 Å². The first-order valence-corrected chi connectivity index (χ1v) is 13.0. The van der Waals surface area contributed by atoms with E-state index in [4.69, 9.17) is 21.1 Å². The number of urea groups is 1. The third kappa shape index (κ3) is 6.47. The molecule has 2 N–H and O–H groups in total. The number of carbonyl (C=O) groups is 4. The summed E-state index contributed by atoms with van der Waals surface area (Å²) < 4.78 is 12.1. The molecule has 0 unspecified atom stereocenters. The number of ether oxygens (including phenoxy) is 2. The lowest BCUT2D eigenvalue weighted by atomic mass is 10.1. The monoisotopic (exact) mass is 611 g/mol. The first-order chi connectivity index (χ1) is 18.7. The van der Waals surface area contributed by atoms with Gasteiger partial charge in [-0.05, 0) is 73.5 Å². The summed E-state index contributed by atoms with van der Waals surface area (Å²) in [4.78, 5) is 51.5. The second-order valence-corrected chi connectivity index (χ2v) is 9.67. The molecule has 11 heteroatoms. The number of benzene rings is 3. The molecule has 1 saturated heterocycles. The molecule has 0 atom stereocenters. The number of imide groups is 2. The predicted octanol–water partition coefficient (Wildman–Crippen LogP) is 5.49. The van der Waals surface area contributed by atoms with Crippen molar-refractivity contribution >= 4 is 68.7 Å². The van der Waals surface area contributed by atoms with Crippen LogP contribution in [0.15, 0.2) is 70.7 Å². The van der Waals surface area contributed by atoms with Crippen molar-refractivity contribution in [2.45, 2.75) is 13.8 Å². The van der Waals surface area contributed by atoms with Crippen molar-refractivity contribution in [2.24, 2.45) is 0 Å². The van der Waals surface area contributed by atoms with E-state index in [0.717, 1.165) is 14.9 Å². The zero-order valence-electron chi connectivity index (χ0n) is 20.9. The van der Waals surface area contributed by atoms with Gasteiger partial charge in [0.2, 0.25) is 0 Å². The number of aryl methyl sites for hydroxylation is 1. The van der Waals surface area contributed by atoms with Gasteiger partial charge in [-0.2, -0.15) is 0 Å². The topological polar surface area (TPSA) is 114 Å². The third-order valence-corrected chi connectivity index (χ3v) is 6.41.